The fraction of sp³-hybridized carbons (Fsp3) is 0.636. The van der Waals surface area contributed by atoms with E-state index in [0.29, 0.717) is 18.1 Å². The molecule has 1 aromatic heterocycles. The minimum atomic E-state index is 0.367. The van der Waals surface area contributed by atoms with Crippen LogP contribution in [0.1, 0.15) is 43.7 Å². The molecule has 1 aromatic rings. The van der Waals surface area contributed by atoms with Gasteiger partial charge in [0.25, 0.3) is 0 Å². The molecule has 76 valence electrons. The second kappa shape index (κ2) is 3.95. The van der Waals surface area contributed by atoms with Crippen LogP contribution in [-0.4, -0.2) is 15.6 Å². The van der Waals surface area contributed by atoms with E-state index < -0.39 is 0 Å². The SMILES string of the molecule is Cn1ccc(C2CCCCC(=O)C2)n1. The minimum Gasteiger partial charge on any atom is -0.300 e. The standard InChI is InChI=1S/C11H16N2O/c1-13-7-6-11(12-13)9-4-2-3-5-10(14)8-9/h6-7,9H,2-5,8H2,1H3. The molecule has 1 unspecified atom stereocenters. The number of carbonyl (C=O) groups is 1. The molecule has 0 spiro atoms. The Morgan fingerprint density at radius 3 is 3.07 bits per heavy atom. The van der Waals surface area contributed by atoms with Crippen molar-refractivity contribution in [3.63, 3.8) is 0 Å². The van der Waals surface area contributed by atoms with Gasteiger partial charge >= 0.3 is 0 Å². The Morgan fingerprint density at radius 2 is 2.36 bits per heavy atom. The monoisotopic (exact) mass is 192 g/mol. The average molecular weight is 192 g/mol. The second-order valence-corrected chi connectivity index (χ2v) is 4.10. The van der Waals surface area contributed by atoms with E-state index in [1.807, 2.05) is 24.0 Å². The van der Waals surface area contributed by atoms with Gasteiger partial charge in [-0.05, 0) is 18.9 Å². The van der Waals surface area contributed by atoms with Gasteiger partial charge in [-0.3, -0.25) is 9.48 Å². The Bertz CT molecular complexity index is 330. The van der Waals surface area contributed by atoms with Crippen molar-refractivity contribution in [3.8, 4) is 0 Å². The van der Waals surface area contributed by atoms with Crippen molar-refractivity contribution in [2.75, 3.05) is 0 Å². The summed E-state index contributed by atoms with van der Waals surface area (Å²) in [5.41, 5.74) is 1.09. The number of Topliss-reactive ketones (excluding diaryl/α,β-unsaturated/α-hetero) is 1. The van der Waals surface area contributed by atoms with Crippen molar-refractivity contribution >= 4 is 5.78 Å². The first kappa shape index (κ1) is 9.44. The highest BCUT2D eigenvalue weighted by Crippen LogP contribution is 2.28. The van der Waals surface area contributed by atoms with Crippen molar-refractivity contribution in [2.24, 2.45) is 7.05 Å². The molecular formula is C11H16N2O. The molecule has 0 radical (unpaired) electrons. The van der Waals surface area contributed by atoms with Crippen LogP contribution in [-0.2, 0) is 11.8 Å². The van der Waals surface area contributed by atoms with Crippen molar-refractivity contribution in [1.29, 1.82) is 0 Å². The van der Waals surface area contributed by atoms with Crippen LogP contribution in [0.2, 0.25) is 0 Å². The van der Waals surface area contributed by atoms with Crippen LogP contribution >= 0.6 is 0 Å². The predicted molar refractivity (Wildman–Crippen MR) is 54.0 cm³/mol. The maximum atomic E-state index is 11.4. The second-order valence-electron chi connectivity index (χ2n) is 4.10. The highest BCUT2D eigenvalue weighted by Gasteiger charge is 2.20. The molecule has 0 amide bonds. The van der Waals surface area contributed by atoms with Gasteiger partial charge in [0.05, 0.1) is 5.69 Å². The molecule has 1 atom stereocenters. The van der Waals surface area contributed by atoms with Gasteiger partial charge in [-0.15, -0.1) is 0 Å². The Kier molecular flexibility index (Phi) is 2.66. The molecule has 0 N–H and O–H groups in total. The molecular weight excluding hydrogens is 176 g/mol. The topological polar surface area (TPSA) is 34.9 Å². The fourth-order valence-electron chi connectivity index (χ4n) is 2.10. The van der Waals surface area contributed by atoms with Crippen LogP contribution in [0.4, 0.5) is 0 Å². The third-order valence-electron chi connectivity index (χ3n) is 2.88. The van der Waals surface area contributed by atoms with Crippen LogP contribution in [0.25, 0.3) is 0 Å². The Hall–Kier alpha value is -1.12. The average Bonchev–Trinajstić information content (AvgIpc) is 2.45. The lowest BCUT2D eigenvalue weighted by atomic mass is 9.96. The zero-order chi connectivity index (χ0) is 9.97. The third-order valence-corrected chi connectivity index (χ3v) is 2.88. The zero-order valence-electron chi connectivity index (χ0n) is 8.57. The third kappa shape index (κ3) is 2.03. The molecule has 0 bridgehead atoms. The largest absolute Gasteiger partial charge is 0.300 e. The summed E-state index contributed by atoms with van der Waals surface area (Å²) in [6.07, 6.45) is 6.74. The summed E-state index contributed by atoms with van der Waals surface area (Å²) in [5, 5.41) is 4.37. The van der Waals surface area contributed by atoms with Gasteiger partial charge < -0.3 is 0 Å². The molecule has 0 saturated heterocycles. The molecule has 1 fully saturated rings. The van der Waals surface area contributed by atoms with Crippen LogP contribution in [0.5, 0.6) is 0 Å². The summed E-state index contributed by atoms with van der Waals surface area (Å²) in [4.78, 5) is 11.4. The van der Waals surface area contributed by atoms with Gasteiger partial charge in [-0.2, -0.15) is 5.10 Å². The van der Waals surface area contributed by atoms with Crippen molar-refractivity contribution in [1.82, 2.24) is 9.78 Å². The number of aryl methyl sites for hydroxylation is 1. The summed E-state index contributed by atoms with van der Waals surface area (Å²) in [5.74, 6) is 0.768. The van der Waals surface area contributed by atoms with Crippen LogP contribution in [0.15, 0.2) is 12.3 Å². The van der Waals surface area contributed by atoms with E-state index in [2.05, 4.69) is 5.10 Å². The first-order valence-electron chi connectivity index (χ1n) is 5.27. The molecule has 0 aromatic carbocycles. The summed E-state index contributed by atoms with van der Waals surface area (Å²) >= 11 is 0. The lowest BCUT2D eigenvalue weighted by Gasteiger charge is -2.09. The first-order chi connectivity index (χ1) is 6.75. The summed E-state index contributed by atoms with van der Waals surface area (Å²) in [6.45, 7) is 0. The maximum absolute atomic E-state index is 11.4. The fourth-order valence-corrected chi connectivity index (χ4v) is 2.10. The molecule has 2 rings (SSSR count). The first-order valence-corrected chi connectivity index (χ1v) is 5.27. The van der Waals surface area contributed by atoms with E-state index in [9.17, 15) is 4.79 Å². The number of rotatable bonds is 1. The summed E-state index contributed by atoms with van der Waals surface area (Å²) < 4.78 is 1.81. The minimum absolute atomic E-state index is 0.367. The Balaban J connectivity index is 2.12. The predicted octanol–water partition coefficient (Wildman–Crippen LogP) is 2.04. The van der Waals surface area contributed by atoms with Crippen LogP contribution in [0.3, 0.4) is 0 Å². The van der Waals surface area contributed by atoms with Gasteiger partial charge in [0.15, 0.2) is 0 Å². The Labute approximate surface area is 84.1 Å². The molecule has 1 saturated carbocycles. The maximum Gasteiger partial charge on any atom is 0.133 e. The van der Waals surface area contributed by atoms with Gasteiger partial charge in [-0.25, -0.2) is 0 Å². The number of aromatic nitrogens is 2. The van der Waals surface area contributed by atoms with E-state index in [0.717, 1.165) is 31.4 Å². The van der Waals surface area contributed by atoms with Gasteiger partial charge in [-0.1, -0.05) is 6.42 Å². The number of hydrogen-bond acceptors (Lipinski definition) is 2. The Morgan fingerprint density at radius 1 is 1.50 bits per heavy atom. The molecule has 0 aliphatic heterocycles. The van der Waals surface area contributed by atoms with Crippen molar-refractivity contribution in [2.45, 2.75) is 38.0 Å². The molecule has 14 heavy (non-hydrogen) atoms. The molecule has 3 nitrogen and oxygen atoms in total. The van der Waals surface area contributed by atoms with E-state index >= 15 is 0 Å². The normalized spacial score (nSPS) is 23.5. The zero-order valence-corrected chi connectivity index (χ0v) is 8.57. The lowest BCUT2D eigenvalue weighted by molar-refractivity contribution is -0.119. The molecule has 3 heteroatoms. The van der Waals surface area contributed by atoms with Gasteiger partial charge in [0.1, 0.15) is 5.78 Å². The number of nitrogens with zero attached hydrogens (tertiary/aromatic N) is 2. The number of ketones is 1. The quantitative estimate of drug-likeness (QED) is 0.638. The van der Waals surface area contributed by atoms with E-state index in [-0.39, 0.29) is 0 Å². The van der Waals surface area contributed by atoms with Crippen LogP contribution in [0, 0.1) is 0 Å². The highest BCUT2D eigenvalue weighted by atomic mass is 16.1. The summed E-state index contributed by atoms with van der Waals surface area (Å²) in [7, 11) is 1.92. The molecule has 1 heterocycles. The van der Waals surface area contributed by atoms with E-state index in [1.165, 1.54) is 0 Å². The van der Waals surface area contributed by atoms with Crippen LogP contribution < -0.4 is 0 Å². The number of carbonyl (C=O) groups excluding carboxylic acids is 1. The van der Waals surface area contributed by atoms with Crippen molar-refractivity contribution in [3.05, 3.63) is 18.0 Å². The van der Waals surface area contributed by atoms with E-state index in [1.54, 1.807) is 0 Å². The lowest BCUT2D eigenvalue weighted by Crippen LogP contribution is -2.04. The van der Waals surface area contributed by atoms with Gasteiger partial charge in [0.2, 0.25) is 0 Å². The molecule has 1 aliphatic rings. The highest BCUT2D eigenvalue weighted by molar-refractivity contribution is 5.79. The number of hydrogen-bond donors (Lipinski definition) is 0. The van der Waals surface area contributed by atoms with Gasteiger partial charge in [0, 0.05) is 32.0 Å². The summed E-state index contributed by atoms with van der Waals surface area (Å²) in [6, 6.07) is 2.03. The van der Waals surface area contributed by atoms with Crippen molar-refractivity contribution < 1.29 is 4.79 Å². The smallest absolute Gasteiger partial charge is 0.133 e. The molecule has 1 aliphatic carbocycles. The van der Waals surface area contributed by atoms with E-state index in [4.69, 9.17) is 0 Å².